The molecule has 0 saturated heterocycles. The van der Waals surface area contributed by atoms with E-state index in [1.807, 2.05) is 6.92 Å². The van der Waals surface area contributed by atoms with Crippen molar-refractivity contribution >= 4 is 17.1 Å². The smallest absolute Gasteiger partial charge is 0.255 e. The van der Waals surface area contributed by atoms with E-state index in [1.54, 1.807) is 36.3 Å². The van der Waals surface area contributed by atoms with Gasteiger partial charge in [0.2, 0.25) is 0 Å². The van der Waals surface area contributed by atoms with Gasteiger partial charge in [0.1, 0.15) is 11.6 Å². The molecule has 1 aromatic carbocycles. The molecule has 0 radical (unpaired) electrons. The second kappa shape index (κ2) is 5.95. The summed E-state index contributed by atoms with van der Waals surface area (Å²) < 4.78 is 13.2. The number of aromatic nitrogens is 3. The molecule has 3 aromatic rings. The summed E-state index contributed by atoms with van der Waals surface area (Å²) in [6.07, 6.45) is 3.73. The summed E-state index contributed by atoms with van der Waals surface area (Å²) in [5, 5.41) is 0. The number of nitrogens with one attached hydrogen (secondary N) is 1. The third-order valence-corrected chi connectivity index (χ3v) is 4.72. The molecule has 1 amide bonds. The van der Waals surface area contributed by atoms with Gasteiger partial charge in [-0.25, -0.2) is 14.4 Å². The molecule has 5 nitrogen and oxygen atoms in total. The van der Waals surface area contributed by atoms with Gasteiger partial charge in [-0.05, 0) is 49.4 Å². The Kier molecular flexibility index (Phi) is 3.75. The number of hydrogen-bond acceptors (Lipinski definition) is 3. The first-order valence-electron chi connectivity index (χ1n) is 8.38. The predicted octanol–water partition coefficient (Wildman–Crippen LogP) is 3.63. The molecule has 25 heavy (non-hydrogen) atoms. The monoisotopic (exact) mass is 338 g/mol. The molecule has 1 unspecified atom stereocenters. The van der Waals surface area contributed by atoms with E-state index in [9.17, 15) is 9.18 Å². The number of benzene rings is 1. The Balaban J connectivity index is 1.65. The summed E-state index contributed by atoms with van der Waals surface area (Å²) in [5.74, 6) is 0.826. The lowest BCUT2D eigenvalue weighted by Gasteiger charge is -2.29. The highest BCUT2D eigenvalue weighted by Crippen LogP contribution is 2.44. The number of aromatic amines is 1. The number of carbonyl (C=O) groups excluding carboxylic acids is 1. The second-order valence-corrected chi connectivity index (χ2v) is 6.67. The Labute approximate surface area is 144 Å². The fourth-order valence-electron chi connectivity index (χ4n) is 3.35. The van der Waals surface area contributed by atoms with Crippen LogP contribution in [0, 0.1) is 18.7 Å². The molecule has 128 valence electrons. The summed E-state index contributed by atoms with van der Waals surface area (Å²) in [5.41, 5.74) is 2.84. The molecule has 1 aliphatic rings. The number of rotatable bonds is 4. The fraction of sp³-hybridized carbons (Fsp3) is 0.316. The minimum atomic E-state index is -0.267. The Morgan fingerprint density at radius 1 is 1.32 bits per heavy atom. The van der Waals surface area contributed by atoms with Crippen LogP contribution >= 0.6 is 0 Å². The second-order valence-electron chi connectivity index (χ2n) is 6.67. The SMILES string of the molecule is Cc1nc2ncc(C(=O)N(C)C(c3ccc(F)cc3)C3CC3)cc2[nH]1. The Hall–Kier alpha value is -2.76. The van der Waals surface area contributed by atoms with E-state index >= 15 is 0 Å². The number of pyridine rings is 1. The number of nitrogens with zero attached hydrogens (tertiary/aromatic N) is 3. The Morgan fingerprint density at radius 2 is 2.04 bits per heavy atom. The van der Waals surface area contributed by atoms with Crippen LogP contribution in [0.15, 0.2) is 36.5 Å². The van der Waals surface area contributed by atoms with Crippen molar-refractivity contribution in [3.8, 4) is 0 Å². The van der Waals surface area contributed by atoms with Gasteiger partial charge < -0.3 is 9.88 Å². The van der Waals surface area contributed by atoms with Gasteiger partial charge in [0.05, 0.1) is 17.1 Å². The predicted molar refractivity (Wildman–Crippen MR) is 92.6 cm³/mol. The highest BCUT2D eigenvalue weighted by Gasteiger charge is 2.37. The summed E-state index contributed by atoms with van der Waals surface area (Å²) >= 11 is 0. The molecule has 2 heterocycles. The first-order valence-corrected chi connectivity index (χ1v) is 8.38. The molecule has 0 bridgehead atoms. The van der Waals surface area contributed by atoms with Gasteiger partial charge in [0.15, 0.2) is 5.65 Å². The van der Waals surface area contributed by atoms with Crippen molar-refractivity contribution in [2.24, 2.45) is 5.92 Å². The molecule has 0 aliphatic heterocycles. The zero-order valence-corrected chi connectivity index (χ0v) is 14.2. The number of fused-ring (bicyclic) bond motifs is 1. The van der Waals surface area contributed by atoms with E-state index in [2.05, 4.69) is 15.0 Å². The van der Waals surface area contributed by atoms with Gasteiger partial charge in [0, 0.05) is 13.2 Å². The number of aryl methyl sites for hydroxylation is 1. The highest BCUT2D eigenvalue weighted by molar-refractivity contribution is 5.96. The highest BCUT2D eigenvalue weighted by atomic mass is 19.1. The third-order valence-electron chi connectivity index (χ3n) is 4.72. The Morgan fingerprint density at radius 3 is 2.72 bits per heavy atom. The van der Waals surface area contributed by atoms with Crippen LogP contribution in [0.1, 0.15) is 40.6 Å². The van der Waals surface area contributed by atoms with Crippen molar-refractivity contribution in [2.75, 3.05) is 7.05 Å². The average Bonchev–Trinajstić information content (AvgIpc) is 3.35. The third kappa shape index (κ3) is 2.99. The Bertz CT molecular complexity index is 930. The maximum Gasteiger partial charge on any atom is 0.255 e. The van der Waals surface area contributed by atoms with Crippen molar-refractivity contribution in [1.29, 1.82) is 0 Å². The number of imidazole rings is 1. The van der Waals surface area contributed by atoms with Crippen molar-refractivity contribution in [2.45, 2.75) is 25.8 Å². The largest absolute Gasteiger partial charge is 0.341 e. The molecular formula is C19H19FN4O. The van der Waals surface area contributed by atoms with Gasteiger partial charge in [-0.15, -0.1) is 0 Å². The molecule has 2 aromatic heterocycles. The van der Waals surface area contributed by atoms with Gasteiger partial charge in [-0.3, -0.25) is 4.79 Å². The lowest BCUT2D eigenvalue weighted by atomic mass is 10.00. The number of amides is 1. The number of halogens is 1. The lowest BCUT2D eigenvalue weighted by molar-refractivity contribution is 0.0710. The molecule has 1 aliphatic carbocycles. The summed E-state index contributed by atoms with van der Waals surface area (Å²) in [7, 11) is 1.80. The summed E-state index contributed by atoms with van der Waals surface area (Å²) in [6, 6.07) is 8.17. The fourth-order valence-corrected chi connectivity index (χ4v) is 3.35. The van der Waals surface area contributed by atoms with E-state index in [-0.39, 0.29) is 17.8 Å². The standard InChI is InChI=1S/C19H19FN4O/c1-11-22-16-9-14(10-21-18(16)23-11)19(25)24(2)17(12-3-4-12)13-5-7-15(20)8-6-13/h5-10,12,17H,3-4H2,1-2H3,(H,21,22,23). The average molecular weight is 338 g/mol. The first-order chi connectivity index (χ1) is 12.0. The van der Waals surface area contributed by atoms with Gasteiger partial charge in [-0.2, -0.15) is 0 Å². The normalized spacial score (nSPS) is 15.3. The first kappa shape index (κ1) is 15.7. The summed E-state index contributed by atoms with van der Waals surface area (Å²) in [4.78, 5) is 26.4. The molecule has 6 heteroatoms. The molecule has 0 spiro atoms. The molecule has 1 saturated carbocycles. The van der Waals surface area contributed by atoms with Crippen LogP contribution in [-0.4, -0.2) is 32.8 Å². The minimum absolute atomic E-state index is 0.0488. The van der Waals surface area contributed by atoms with Crippen LogP contribution in [-0.2, 0) is 0 Å². The van der Waals surface area contributed by atoms with Crippen molar-refractivity contribution < 1.29 is 9.18 Å². The molecular weight excluding hydrogens is 319 g/mol. The quantitative estimate of drug-likeness (QED) is 0.790. The van der Waals surface area contributed by atoms with E-state index in [1.165, 1.54) is 12.1 Å². The molecule has 4 rings (SSSR count). The molecule has 1 N–H and O–H groups in total. The van der Waals surface area contributed by atoms with Crippen molar-refractivity contribution in [1.82, 2.24) is 19.9 Å². The van der Waals surface area contributed by atoms with E-state index in [0.717, 1.165) is 29.7 Å². The van der Waals surface area contributed by atoms with Crippen LogP contribution in [0.2, 0.25) is 0 Å². The topological polar surface area (TPSA) is 61.9 Å². The number of carbonyl (C=O) groups is 1. The zero-order valence-electron chi connectivity index (χ0n) is 14.2. The lowest BCUT2D eigenvalue weighted by Crippen LogP contribution is -2.32. The summed E-state index contributed by atoms with van der Waals surface area (Å²) in [6.45, 7) is 1.85. The van der Waals surface area contributed by atoms with Gasteiger partial charge in [0.25, 0.3) is 5.91 Å². The van der Waals surface area contributed by atoms with Crippen LogP contribution in [0.4, 0.5) is 4.39 Å². The number of H-pyrrole nitrogens is 1. The van der Waals surface area contributed by atoms with Crippen molar-refractivity contribution in [3.63, 3.8) is 0 Å². The number of hydrogen-bond donors (Lipinski definition) is 1. The minimum Gasteiger partial charge on any atom is -0.341 e. The van der Waals surface area contributed by atoms with Crippen molar-refractivity contribution in [3.05, 3.63) is 59.3 Å². The van der Waals surface area contributed by atoms with E-state index in [4.69, 9.17) is 0 Å². The van der Waals surface area contributed by atoms with E-state index in [0.29, 0.717) is 17.1 Å². The van der Waals surface area contributed by atoms with Crippen LogP contribution in [0.25, 0.3) is 11.2 Å². The van der Waals surface area contributed by atoms with E-state index < -0.39 is 0 Å². The van der Waals surface area contributed by atoms with Gasteiger partial charge >= 0.3 is 0 Å². The zero-order chi connectivity index (χ0) is 17.6. The molecule has 1 fully saturated rings. The van der Waals surface area contributed by atoms with Crippen LogP contribution < -0.4 is 0 Å². The maximum absolute atomic E-state index is 13.2. The molecule has 1 atom stereocenters. The van der Waals surface area contributed by atoms with Crippen LogP contribution in [0.3, 0.4) is 0 Å². The van der Waals surface area contributed by atoms with Gasteiger partial charge in [-0.1, -0.05) is 12.1 Å². The maximum atomic E-state index is 13.2. The van der Waals surface area contributed by atoms with Crippen LogP contribution in [0.5, 0.6) is 0 Å².